The second-order valence-electron chi connectivity index (χ2n) is 5.25. The number of anilines is 2. The van der Waals surface area contributed by atoms with Crippen LogP contribution in [-0.2, 0) is 0 Å². The van der Waals surface area contributed by atoms with Gasteiger partial charge in [0, 0.05) is 24.5 Å². The highest BCUT2D eigenvalue weighted by Crippen LogP contribution is 2.25. The van der Waals surface area contributed by atoms with Gasteiger partial charge in [0.1, 0.15) is 0 Å². The summed E-state index contributed by atoms with van der Waals surface area (Å²) in [6.07, 6.45) is -4.99. The minimum Gasteiger partial charge on any atom is -0.399 e. The van der Waals surface area contributed by atoms with Gasteiger partial charge in [0.05, 0.1) is 17.8 Å². The van der Waals surface area contributed by atoms with E-state index in [-0.39, 0.29) is 6.54 Å². The lowest BCUT2D eigenvalue weighted by molar-refractivity contribution is -0.132. The summed E-state index contributed by atoms with van der Waals surface area (Å²) < 4.78 is 37.1. The molecule has 0 bridgehead atoms. The number of azo groups is 1. The van der Waals surface area contributed by atoms with E-state index in [1.54, 1.807) is 53.4 Å². The van der Waals surface area contributed by atoms with Gasteiger partial charge in [-0.1, -0.05) is 0 Å². The fraction of sp³-hybridized carbons (Fsp3) is 0.294. The first-order valence-electron chi connectivity index (χ1n) is 7.56. The van der Waals surface area contributed by atoms with E-state index < -0.39 is 12.6 Å². The third-order valence-electron chi connectivity index (χ3n) is 3.44. The fourth-order valence-electron chi connectivity index (χ4n) is 2.12. The Morgan fingerprint density at radius 3 is 1.88 bits per heavy atom. The molecule has 2 aromatic rings. The Morgan fingerprint density at radius 1 is 0.917 bits per heavy atom. The normalized spacial score (nSPS) is 11.8. The topological polar surface area (TPSA) is 54.0 Å². The van der Waals surface area contributed by atoms with Gasteiger partial charge in [0.2, 0.25) is 0 Å². The minimum atomic E-state index is -4.15. The van der Waals surface area contributed by atoms with E-state index in [0.29, 0.717) is 23.6 Å². The number of halogens is 3. The second kappa shape index (κ2) is 7.81. The predicted molar refractivity (Wildman–Crippen MR) is 90.0 cm³/mol. The van der Waals surface area contributed by atoms with Crippen LogP contribution >= 0.6 is 0 Å². The van der Waals surface area contributed by atoms with Gasteiger partial charge in [0.15, 0.2) is 0 Å². The molecule has 0 atom stereocenters. The van der Waals surface area contributed by atoms with Crippen LogP contribution in [0.4, 0.5) is 35.9 Å². The second-order valence-corrected chi connectivity index (χ2v) is 5.25. The highest BCUT2D eigenvalue weighted by molar-refractivity contribution is 5.53. The van der Waals surface area contributed by atoms with E-state index in [4.69, 9.17) is 5.73 Å². The van der Waals surface area contributed by atoms with Gasteiger partial charge in [-0.25, -0.2) is 0 Å². The van der Waals surface area contributed by atoms with Crippen molar-refractivity contribution < 1.29 is 13.2 Å². The maximum atomic E-state index is 12.4. The number of nitrogen functional groups attached to an aromatic ring is 1. The van der Waals surface area contributed by atoms with E-state index >= 15 is 0 Å². The van der Waals surface area contributed by atoms with Crippen molar-refractivity contribution in [3.63, 3.8) is 0 Å². The molecular formula is C17H19F3N4. The summed E-state index contributed by atoms with van der Waals surface area (Å²) in [4.78, 5) is 1.67. The molecule has 24 heavy (non-hydrogen) atoms. The van der Waals surface area contributed by atoms with Crippen molar-refractivity contribution in [3.8, 4) is 0 Å². The van der Waals surface area contributed by atoms with Gasteiger partial charge in [-0.2, -0.15) is 23.4 Å². The lowest BCUT2D eigenvalue weighted by Crippen LogP contribution is -2.27. The van der Waals surface area contributed by atoms with Crippen LogP contribution in [0.3, 0.4) is 0 Å². The Hall–Kier alpha value is -2.57. The molecule has 7 heteroatoms. The van der Waals surface area contributed by atoms with Crippen LogP contribution in [0.15, 0.2) is 58.8 Å². The predicted octanol–water partition coefficient (Wildman–Crippen LogP) is 5.46. The minimum absolute atomic E-state index is 0.0632. The molecule has 0 saturated carbocycles. The third kappa shape index (κ3) is 5.57. The first kappa shape index (κ1) is 17.8. The van der Waals surface area contributed by atoms with Crippen molar-refractivity contribution in [1.82, 2.24) is 0 Å². The lowest BCUT2D eigenvalue weighted by Gasteiger charge is -2.23. The molecule has 0 heterocycles. The summed E-state index contributed by atoms with van der Waals surface area (Å²) in [6.45, 7) is 2.26. The molecule has 128 valence electrons. The summed E-state index contributed by atoms with van der Waals surface area (Å²) in [5.41, 5.74) is 8.28. The van der Waals surface area contributed by atoms with Crippen molar-refractivity contribution in [3.05, 3.63) is 48.5 Å². The van der Waals surface area contributed by atoms with E-state index in [1.807, 2.05) is 6.92 Å². The van der Waals surface area contributed by atoms with Crippen molar-refractivity contribution in [2.45, 2.75) is 19.5 Å². The summed E-state index contributed by atoms with van der Waals surface area (Å²) in [5, 5.41) is 8.19. The van der Waals surface area contributed by atoms with Gasteiger partial charge in [-0.15, -0.1) is 0 Å². The zero-order valence-electron chi connectivity index (χ0n) is 13.3. The molecule has 0 fully saturated rings. The first-order chi connectivity index (χ1) is 11.4. The Balaban J connectivity index is 2.02. The van der Waals surface area contributed by atoms with Crippen LogP contribution in [0.2, 0.25) is 0 Å². The standard InChI is InChI=1S/C17H19F3N4/c1-2-24(12-11-17(18,19)20)16-9-7-15(8-10-16)23-22-14-5-3-13(21)4-6-14/h3-10H,2,11-12,21H2,1H3. The van der Waals surface area contributed by atoms with Gasteiger partial charge in [-0.3, -0.25) is 0 Å². The average Bonchev–Trinajstić information content (AvgIpc) is 2.55. The maximum absolute atomic E-state index is 12.4. The molecule has 0 spiro atoms. The molecule has 0 aliphatic heterocycles. The molecule has 0 radical (unpaired) electrons. The number of hydrogen-bond acceptors (Lipinski definition) is 4. The molecule has 2 aromatic carbocycles. The SMILES string of the molecule is CCN(CCC(F)(F)F)c1ccc(N=Nc2ccc(N)cc2)cc1. The molecule has 0 saturated heterocycles. The summed E-state index contributed by atoms with van der Waals surface area (Å²) in [7, 11) is 0. The average molecular weight is 336 g/mol. The van der Waals surface area contributed by atoms with Crippen LogP contribution in [0, 0.1) is 0 Å². The number of hydrogen-bond donors (Lipinski definition) is 1. The zero-order chi connectivity index (χ0) is 17.6. The van der Waals surface area contributed by atoms with E-state index in [2.05, 4.69) is 10.2 Å². The van der Waals surface area contributed by atoms with E-state index in [1.165, 1.54) is 0 Å². The molecule has 0 aliphatic carbocycles. The monoisotopic (exact) mass is 336 g/mol. The number of alkyl halides is 3. The van der Waals surface area contributed by atoms with Gasteiger partial charge < -0.3 is 10.6 Å². The van der Waals surface area contributed by atoms with Crippen molar-refractivity contribution in [2.75, 3.05) is 23.7 Å². The zero-order valence-corrected chi connectivity index (χ0v) is 13.3. The van der Waals surface area contributed by atoms with Crippen LogP contribution in [-0.4, -0.2) is 19.3 Å². The molecule has 0 amide bonds. The highest BCUT2D eigenvalue weighted by Gasteiger charge is 2.27. The molecule has 2 N–H and O–H groups in total. The third-order valence-corrected chi connectivity index (χ3v) is 3.44. The number of nitrogens with zero attached hydrogens (tertiary/aromatic N) is 3. The van der Waals surface area contributed by atoms with Gasteiger partial charge in [-0.05, 0) is 55.5 Å². The molecular weight excluding hydrogens is 317 g/mol. The summed E-state index contributed by atoms with van der Waals surface area (Å²) in [5.74, 6) is 0. The number of benzene rings is 2. The molecule has 0 unspecified atom stereocenters. The van der Waals surface area contributed by atoms with Crippen LogP contribution in [0.5, 0.6) is 0 Å². The number of nitrogens with two attached hydrogens (primary N) is 1. The quantitative estimate of drug-likeness (QED) is 0.562. The Labute approximate surface area is 138 Å². The van der Waals surface area contributed by atoms with Gasteiger partial charge >= 0.3 is 6.18 Å². The Bertz CT molecular complexity index is 664. The Kier molecular flexibility index (Phi) is 5.78. The highest BCUT2D eigenvalue weighted by atomic mass is 19.4. The molecule has 0 aliphatic rings. The molecule has 4 nitrogen and oxygen atoms in total. The Morgan fingerprint density at radius 2 is 1.42 bits per heavy atom. The van der Waals surface area contributed by atoms with Gasteiger partial charge in [0.25, 0.3) is 0 Å². The van der Waals surface area contributed by atoms with E-state index in [9.17, 15) is 13.2 Å². The van der Waals surface area contributed by atoms with Crippen molar-refractivity contribution >= 4 is 22.7 Å². The van der Waals surface area contributed by atoms with Crippen LogP contribution in [0.1, 0.15) is 13.3 Å². The molecule has 0 aromatic heterocycles. The van der Waals surface area contributed by atoms with E-state index in [0.717, 1.165) is 5.69 Å². The lowest BCUT2D eigenvalue weighted by atomic mass is 10.2. The first-order valence-corrected chi connectivity index (χ1v) is 7.56. The smallest absolute Gasteiger partial charge is 0.390 e. The number of rotatable bonds is 6. The van der Waals surface area contributed by atoms with Crippen LogP contribution in [0.25, 0.3) is 0 Å². The summed E-state index contributed by atoms with van der Waals surface area (Å²) >= 11 is 0. The fourth-order valence-corrected chi connectivity index (χ4v) is 2.12. The van der Waals surface area contributed by atoms with Crippen molar-refractivity contribution in [1.29, 1.82) is 0 Å². The maximum Gasteiger partial charge on any atom is 0.390 e. The molecule has 2 rings (SSSR count). The van der Waals surface area contributed by atoms with Crippen LogP contribution < -0.4 is 10.6 Å². The largest absolute Gasteiger partial charge is 0.399 e. The van der Waals surface area contributed by atoms with Crippen molar-refractivity contribution in [2.24, 2.45) is 10.2 Å². The summed E-state index contributed by atoms with van der Waals surface area (Å²) in [6, 6.07) is 13.9.